The van der Waals surface area contributed by atoms with E-state index in [9.17, 15) is 0 Å². The summed E-state index contributed by atoms with van der Waals surface area (Å²) in [7, 11) is 1.73. The number of nitrogens with zero attached hydrogens (tertiary/aromatic N) is 1. The Morgan fingerprint density at radius 1 is 1.19 bits per heavy atom. The van der Waals surface area contributed by atoms with Gasteiger partial charge in [-0.05, 0) is 70.8 Å². The summed E-state index contributed by atoms with van der Waals surface area (Å²) in [5.41, 5.74) is 1.30. The van der Waals surface area contributed by atoms with E-state index >= 15 is 0 Å². The number of likely N-dealkylation sites (tertiary alicyclic amines) is 1. The van der Waals surface area contributed by atoms with Crippen LogP contribution in [0, 0.1) is 0 Å². The summed E-state index contributed by atoms with van der Waals surface area (Å²) in [5.74, 6) is 0.938. The molecule has 0 saturated carbocycles. The van der Waals surface area contributed by atoms with Crippen molar-refractivity contribution in [2.24, 2.45) is 0 Å². The minimum atomic E-state index is 0.371. The second-order valence-electron chi connectivity index (χ2n) is 6.42. The molecule has 1 N–H and O–H groups in total. The van der Waals surface area contributed by atoms with Crippen molar-refractivity contribution in [2.45, 2.75) is 58.2 Å². The topological polar surface area (TPSA) is 24.5 Å². The van der Waals surface area contributed by atoms with E-state index in [1.54, 1.807) is 7.11 Å². The van der Waals surface area contributed by atoms with Gasteiger partial charge in [0, 0.05) is 18.1 Å². The molecule has 1 aromatic rings. The lowest BCUT2D eigenvalue weighted by Crippen LogP contribution is -2.34. The molecule has 3 heteroatoms. The van der Waals surface area contributed by atoms with Gasteiger partial charge in [-0.2, -0.15) is 0 Å². The van der Waals surface area contributed by atoms with Crippen LogP contribution in [0.3, 0.4) is 0 Å². The van der Waals surface area contributed by atoms with E-state index in [4.69, 9.17) is 4.74 Å². The van der Waals surface area contributed by atoms with Gasteiger partial charge in [0.2, 0.25) is 0 Å². The van der Waals surface area contributed by atoms with Crippen LogP contribution in [-0.2, 0) is 0 Å². The third kappa shape index (κ3) is 4.72. The van der Waals surface area contributed by atoms with E-state index in [-0.39, 0.29) is 0 Å². The highest BCUT2D eigenvalue weighted by molar-refractivity contribution is 5.30. The fourth-order valence-corrected chi connectivity index (χ4v) is 3.16. The van der Waals surface area contributed by atoms with E-state index < -0.39 is 0 Å². The quantitative estimate of drug-likeness (QED) is 0.896. The normalized spacial score (nSPS) is 22.0. The van der Waals surface area contributed by atoms with Crippen molar-refractivity contribution in [1.82, 2.24) is 10.2 Å². The lowest BCUT2D eigenvalue weighted by molar-refractivity contribution is 0.228. The molecule has 1 heterocycles. The first-order valence-electron chi connectivity index (χ1n) is 8.24. The van der Waals surface area contributed by atoms with Crippen LogP contribution in [0.15, 0.2) is 24.3 Å². The van der Waals surface area contributed by atoms with E-state index in [1.165, 1.54) is 37.9 Å². The first-order valence-corrected chi connectivity index (χ1v) is 8.24. The molecule has 1 fully saturated rings. The molecule has 2 rings (SSSR count). The van der Waals surface area contributed by atoms with Crippen LogP contribution in [0.4, 0.5) is 0 Å². The van der Waals surface area contributed by atoms with E-state index in [0.717, 1.165) is 5.75 Å². The van der Waals surface area contributed by atoms with Crippen LogP contribution in [0.5, 0.6) is 5.75 Å². The Balaban J connectivity index is 1.91. The molecule has 3 nitrogen and oxygen atoms in total. The lowest BCUT2D eigenvalue weighted by atomic mass is 10.0. The highest BCUT2D eigenvalue weighted by Gasteiger charge is 2.20. The summed E-state index contributed by atoms with van der Waals surface area (Å²) in [6.45, 7) is 9.29. The first kappa shape index (κ1) is 16.3. The summed E-state index contributed by atoms with van der Waals surface area (Å²) in [6, 6.07) is 10.0. The maximum absolute atomic E-state index is 5.32. The maximum atomic E-state index is 5.32. The van der Waals surface area contributed by atoms with Gasteiger partial charge in [0.25, 0.3) is 0 Å². The number of rotatable bonds is 5. The number of hydrogen-bond donors (Lipinski definition) is 1. The molecule has 0 aromatic heterocycles. The number of methoxy groups -OCH3 is 1. The van der Waals surface area contributed by atoms with Crippen LogP contribution in [0.25, 0.3) is 0 Å². The van der Waals surface area contributed by atoms with Crippen LogP contribution in [0.2, 0.25) is 0 Å². The lowest BCUT2D eigenvalue weighted by Gasteiger charge is -2.25. The zero-order valence-corrected chi connectivity index (χ0v) is 13.9. The molecule has 0 radical (unpaired) electrons. The Kier molecular flexibility index (Phi) is 6.07. The van der Waals surface area contributed by atoms with E-state index in [1.807, 2.05) is 6.07 Å². The monoisotopic (exact) mass is 290 g/mol. The Bertz CT molecular complexity index is 433. The minimum Gasteiger partial charge on any atom is -0.497 e. The number of hydrogen-bond acceptors (Lipinski definition) is 3. The number of ether oxygens (including phenoxy) is 1. The van der Waals surface area contributed by atoms with Gasteiger partial charge in [-0.3, -0.25) is 0 Å². The summed E-state index contributed by atoms with van der Waals surface area (Å²) < 4.78 is 5.32. The molecular weight excluding hydrogens is 260 g/mol. The molecule has 0 aliphatic carbocycles. The molecular formula is C18H30N2O. The van der Waals surface area contributed by atoms with Gasteiger partial charge in [0.15, 0.2) is 0 Å². The van der Waals surface area contributed by atoms with E-state index in [0.29, 0.717) is 18.1 Å². The molecule has 0 spiro atoms. The van der Waals surface area contributed by atoms with Crippen LogP contribution < -0.4 is 10.1 Å². The second kappa shape index (κ2) is 7.81. The SMILES string of the molecule is COc1cccc([C@@H](C)NC2CCCN(C(C)C)CC2)c1. The molecule has 21 heavy (non-hydrogen) atoms. The summed E-state index contributed by atoms with van der Waals surface area (Å²) in [6.07, 6.45) is 3.81. The molecule has 2 atom stereocenters. The van der Waals surface area contributed by atoms with Crippen molar-refractivity contribution in [3.8, 4) is 5.75 Å². The zero-order valence-electron chi connectivity index (χ0n) is 13.9. The van der Waals surface area contributed by atoms with Crippen molar-refractivity contribution in [1.29, 1.82) is 0 Å². The minimum absolute atomic E-state index is 0.371. The highest BCUT2D eigenvalue weighted by Crippen LogP contribution is 2.21. The smallest absolute Gasteiger partial charge is 0.119 e. The fourth-order valence-electron chi connectivity index (χ4n) is 3.16. The average Bonchev–Trinajstić information content (AvgIpc) is 2.73. The molecule has 1 aliphatic rings. The van der Waals surface area contributed by atoms with E-state index in [2.05, 4.69) is 49.2 Å². The fraction of sp³-hybridized carbons (Fsp3) is 0.667. The third-order valence-corrected chi connectivity index (χ3v) is 4.57. The molecule has 0 bridgehead atoms. The van der Waals surface area contributed by atoms with Gasteiger partial charge >= 0.3 is 0 Å². The van der Waals surface area contributed by atoms with Crippen molar-refractivity contribution < 1.29 is 4.74 Å². The van der Waals surface area contributed by atoms with Crippen LogP contribution >= 0.6 is 0 Å². The third-order valence-electron chi connectivity index (χ3n) is 4.57. The molecule has 0 amide bonds. The molecule has 1 aromatic carbocycles. The Labute approximate surface area is 129 Å². The number of nitrogens with one attached hydrogen (secondary N) is 1. The number of benzene rings is 1. The van der Waals surface area contributed by atoms with Crippen LogP contribution in [-0.4, -0.2) is 37.2 Å². The van der Waals surface area contributed by atoms with Gasteiger partial charge in [-0.1, -0.05) is 12.1 Å². The standard InChI is InChI=1S/C18H30N2O/c1-14(2)20-11-6-8-17(10-12-20)19-15(3)16-7-5-9-18(13-16)21-4/h5,7,9,13-15,17,19H,6,8,10-12H2,1-4H3/t15-,17?/m1/s1. The second-order valence-corrected chi connectivity index (χ2v) is 6.42. The van der Waals surface area contributed by atoms with Crippen molar-refractivity contribution in [3.63, 3.8) is 0 Å². The zero-order chi connectivity index (χ0) is 15.2. The molecule has 1 unspecified atom stereocenters. The van der Waals surface area contributed by atoms with Crippen molar-refractivity contribution in [3.05, 3.63) is 29.8 Å². The molecule has 118 valence electrons. The highest BCUT2D eigenvalue weighted by atomic mass is 16.5. The Morgan fingerprint density at radius 3 is 2.71 bits per heavy atom. The molecule has 1 saturated heterocycles. The van der Waals surface area contributed by atoms with Crippen LogP contribution in [0.1, 0.15) is 51.6 Å². The van der Waals surface area contributed by atoms with Gasteiger partial charge in [-0.25, -0.2) is 0 Å². The summed E-state index contributed by atoms with van der Waals surface area (Å²) in [5, 5.41) is 3.80. The summed E-state index contributed by atoms with van der Waals surface area (Å²) in [4.78, 5) is 2.60. The van der Waals surface area contributed by atoms with Gasteiger partial charge < -0.3 is 15.0 Å². The summed E-state index contributed by atoms with van der Waals surface area (Å²) >= 11 is 0. The van der Waals surface area contributed by atoms with Gasteiger partial charge in [-0.15, -0.1) is 0 Å². The predicted molar refractivity (Wildman–Crippen MR) is 88.9 cm³/mol. The Hall–Kier alpha value is -1.06. The first-order chi connectivity index (χ1) is 10.1. The van der Waals surface area contributed by atoms with Crippen molar-refractivity contribution in [2.75, 3.05) is 20.2 Å². The largest absolute Gasteiger partial charge is 0.497 e. The average molecular weight is 290 g/mol. The Morgan fingerprint density at radius 2 is 2.00 bits per heavy atom. The molecule has 1 aliphatic heterocycles. The van der Waals surface area contributed by atoms with Crippen molar-refractivity contribution >= 4 is 0 Å². The van der Waals surface area contributed by atoms with Gasteiger partial charge in [0.1, 0.15) is 5.75 Å². The van der Waals surface area contributed by atoms with Gasteiger partial charge in [0.05, 0.1) is 7.11 Å². The maximum Gasteiger partial charge on any atom is 0.119 e. The predicted octanol–water partition coefficient (Wildman–Crippen LogP) is 3.61.